The van der Waals surface area contributed by atoms with E-state index in [0.717, 1.165) is 18.3 Å². The summed E-state index contributed by atoms with van der Waals surface area (Å²) in [7, 11) is 0. The zero-order chi connectivity index (χ0) is 14.8. The number of anilines is 1. The van der Waals surface area contributed by atoms with Crippen LogP contribution in [0.3, 0.4) is 0 Å². The topological polar surface area (TPSA) is 54.9 Å². The zero-order valence-corrected chi connectivity index (χ0v) is 11.4. The Morgan fingerprint density at radius 2 is 1.95 bits per heavy atom. The number of rotatable bonds is 2. The average molecular weight is 346 g/mol. The standard InChI is InChI=1S/C12H7BrF3N3O/c13-10-8(2-1-5-17-10)11(20)19-7-3-4-9(18-6-7)12(14,15)16/h1-6H,(H,19,20). The van der Waals surface area contributed by atoms with Crippen LogP contribution < -0.4 is 5.32 Å². The Bertz CT molecular complexity index is 629. The minimum atomic E-state index is -4.51. The molecule has 4 nitrogen and oxygen atoms in total. The molecule has 0 aliphatic rings. The lowest BCUT2D eigenvalue weighted by atomic mass is 10.2. The average Bonchev–Trinajstić information content (AvgIpc) is 2.38. The van der Waals surface area contributed by atoms with Gasteiger partial charge in [-0.25, -0.2) is 9.97 Å². The highest BCUT2D eigenvalue weighted by molar-refractivity contribution is 9.10. The van der Waals surface area contributed by atoms with Crippen molar-refractivity contribution in [3.05, 3.63) is 52.5 Å². The number of alkyl halides is 3. The minimum Gasteiger partial charge on any atom is -0.321 e. The van der Waals surface area contributed by atoms with Crippen molar-refractivity contribution in [3.8, 4) is 0 Å². The van der Waals surface area contributed by atoms with Gasteiger partial charge in [0.2, 0.25) is 0 Å². The van der Waals surface area contributed by atoms with Crippen LogP contribution in [0.4, 0.5) is 18.9 Å². The summed E-state index contributed by atoms with van der Waals surface area (Å²) in [6.45, 7) is 0. The van der Waals surface area contributed by atoms with Crippen LogP contribution in [0.25, 0.3) is 0 Å². The van der Waals surface area contributed by atoms with Crippen molar-refractivity contribution in [1.29, 1.82) is 0 Å². The molecular formula is C12H7BrF3N3O. The van der Waals surface area contributed by atoms with E-state index in [-0.39, 0.29) is 11.3 Å². The molecule has 0 fully saturated rings. The van der Waals surface area contributed by atoms with Crippen LogP contribution in [0.5, 0.6) is 0 Å². The van der Waals surface area contributed by atoms with Gasteiger partial charge in [-0.15, -0.1) is 0 Å². The van der Waals surface area contributed by atoms with Gasteiger partial charge in [0, 0.05) is 6.20 Å². The third-order valence-electron chi connectivity index (χ3n) is 2.32. The Morgan fingerprint density at radius 3 is 2.50 bits per heavy atom. The van der Waals surface area contributed by atoms with Crippen LogP contribution in [0.15, 0.2) is 41.3 Å². The highest BCUT2D eigenvalue weighted by Gasteiger charge is 2.32. The highest BCUT2D eigenvalue weighted by atomic mass is 79.9. The number of carbonyl (C=O) groups excluding carboxylic acids is 1. The molecular weight excluding hydrogens is 339 g/mol. The van der Waals surface area contributed by atoms with Gasteiger partial charge in [0.25, 0.3) is 5.91 Å². The fourth-order valence-corrected chi connectivity index (χ4v) is 1.82. The molecule has 0 atom stereocenters. The molecule has 8 heteroatoms. The summed E-state index contributed by atoms with van der Waals surface area (Å²) >= 11 is 3.11. The van der Waals surface area contributed by atoms with E-state index in [1.54, 1.807) is 6.07 Å². The maximum Gasteiger partial charge on any atom is 0.433 e. The zero-order valence-electron chi connectivity index (χ0n) is 9.78. The summed E-state index contributed by atoms with van der Waals surface area (Å²) in [5, 5.41) is 2.44. The number of aromatic nitrogens is 2. The Balaban J connectivity index is 2.15. The lowest BCUT2D eigenvalue weighted by molar-refractivity contribution is -0.141. The van der Waals surface area contributed by atoms with Gasteiger partial charge >= 0.3 is 6.18 Å². The second-order valence-corrected chi connectivity index (χ2v) is 4.48. The van der Waals surface area contributed by atoms with Gasteiger partial charge in [0.15, 0.2) is 0 Å². The van der Waals surface area contributed by atoms with Crippen molar-refractivity contribution in [1.82, 2.24) is 9.97 Å². The van der Waals surface area contributed by atoms with E-state index in [1.165, 1.54) is 12.3 Å². The summed E-state index contributed by atoms with van der Waals surface area (Å²) in [5.41, 5.74) is -0.579. The number of nitrogens with zero attached hydrogens (tertiary/aromatic N) is 2. The minimum absolute atomic E-state index is 0.166. The number of amides is 1. The van der Waals surface area contributed by atoms with Crippen LogP contribution in [0, 0.1) is 0 Å². The first kappa shape index (κ1) is 14.4. The predicted octanol–water partition coefficient (Wildman–Crippen LogP) is 3.51. The Labute approximate surface area is 120 Å². The molecule has 0 saturated carbocycles. The third-order valence-corrected chi connectivity index (χ3v) is 2.95. The number of halogens is 4. The molecule has 20 heavy (non-hydrogen) atoms. The van der Waals surface area contributed by atoms with Crippen molar-refractivity contribution >= 4 is 27.5 Å². The van der Waals surface area contributed by atoms with Crippen LogP contribution in [-0.2, 0) is 6.18 Å². The Hall–Kier alpha value is -1.96. The summed E-state index contributed by atoms with van der Waals surface area (Å²) in [6.07, 6.45) is -2.06. The first-order valence-electron chi connectivity index (χ1n) is 5.33. The monoisotopic (exact) mass is 345 g/mol. The van der Waals surface area contributed by atoms with E-state index in [2.05, 4.69) is 31.2 Å². The molecule has 2 aromatic rings. The van der Waals surface area contributed by atoms with Crippen molar-refractivity contribution in [3.63, 3.8) is 0 Å². The van der Waals surface area contributed by atoms with Crippen molar-refractivity contribution in [2.45, 2.75) is 6.18 Å². The van der Waals surface area contributed by atoms with Gasteiger partial charge in [-0.1, -0.05) is 0 Å². The SMILES string of the molecule is O=C(Nc1ccc(C(F)(F)F)nc1)c1cccnc1Br. The van der Waals surface area contributed by atoms with E-state index in [0.29, 0.717) is 4.60 Å². The summed E-state index contributed by atoms with van der Waals surface area (Å²) in [6, 6.07) is 5.04. The molecule has 1 N–H and O–H groups in total. The second kappa shape index (κ2) is 5.58. The second-order valence-electron chi connectivity index (χ2n) is 3.73. The van der Waals surface area contributed by atoms with Crippen molar-refractivity contribution in [2.75, 3.05) is 5.32 Å². The van der Waals surface area contributed by atoms with Gasteiger partial charge in [-0.2, -0.15) is 13.2 Å². The molecule has 0 aliphatic carbocycles. The van der Waals surface area contributed by atoms with Crippen LogP contribution in [0.1, 0.15) is 16.1 Å². The number of carbonyl (C=O) groups is 1. The van der Waals surface area contributed by atoms with Gasteiger partial charge in [-0.05, 0) is 40.2 Å². The normalized spacial score (nSPS) is 11.2. The Kier molecular flexibility index (Phi) is 4.03. The van der Waals surface area contributed by atoms with E-state index in [9.17, 15) is 18.0 Å². The molecule has 1 amide bonds. The molecule has 0 saturated heterocycles. The van der Waals surface area contributed by atoms with E-state index >= 15 is 0 Å². The fraction of sp³-hybridized carbons (Fsp3) is 0.0833. The van der Waals surface area contributed by atoms with Gasteiger partial charge in [-0.3, -0.25) is 4.79 Å². The van der Waals surface area contributed by atoms with Gasteiger partial charge < -0.3 is 5.32 Å². The molecule has 0 radical (unpaired) electrons. The van der Waals surface area contributed by atoms with Crippen LogP contribution in [-0.4, -0.2) is 15.9 Å². The third kappa shape index (κ3) is 3.32. The predicted molar refractivity (Wildman–Crippen MR) is 69.1 cm³/mol. The van der Waals surface area contributed by atoms with Crippen molar-refractivity contribution < 1.29 is 18.0 Å². The van der Waals surface area contributed by atoms with E-state index in [4.69, 9.17) is 0 Å². The highest BCUT2D eigenvalue weighted by Crippen LogP contribution is 2.27. The molecule has 0 aliphatic heterocycles. The lowest BCUT2D eigenvalue weighted by Crippen LogP contribution is -2.14. The Morgan fingerprint density at radius 1 is 1.20 bits per heavy atom. The maximum atomic E-state index is 12.3. The van der Waals surface area contributed by atoms with Crippen LogP contribution in [0.2, 0.25) is 0 Å². The molecule has 2 aromatic heterocycles. The van der Waals surface area contributed by atoms with Crippen LogP contribution >= 0.6 is 15.9 Å². The largest absolute Gasteiger partial charge is 0.433 e. The number of pyridine rings is 2. The quantitative estimate of drug-likeness (QED) is 0.847. The van der Waals surface area contributed by atoms with Gasteiger partial charge in [0.05, 0.1) is 17.4 Å². The molecule has 2 heterocycles. The molecule has 0 unspecified atom stereocenters. The number of hydrogen-bond acceptors (Lipinski definition) is 3. The molecule has 0 bridgehead atoms. The summed E-state index contributed by atoms with van der Waals surface area (Å²) in [4.78, 5) is 19.0. The summed E-state index contributed by atoms with van der Waals surface area (Å²) in [5.74, 6) is -0.494. The fourth-order valence-electron chi connectivity index (χ4n) is 1.39. The summed E-state index contributed by atoms with van der Waals surface area (Å²) < 4.78 is 37.4. The smallest absolute Gasteiger partial charge is 0.321 e. The van der Waals surface area contributed by atoms with E-state index < -0.39 is 17.8 Å². The molecule has 2 rings (SSSR count). The number of nitrogens with one attached hydrogen (secondary N) is 1. The number of hydrogen-bond donors (Lipinski definition) is 1. The first-order chi connectivity index (χ1) is 9.38. The van der Waals surface area contributed by atoms with Gasteiger partial charge in [0.1, 0.15) is 10.3 Å². The molecule has 0 spiro atoms. The molecule has 104 valence electrons. The van der Waals surface area contributed by atoms with E-state index in [1.807, 2.05) is 0 Å². The molecule has 0 aromatic carbocycles. The van der Waals surface area contributed by atoms with Crippen molar-refractivity contribution in [2.24, 2.45) is 0 Å². The maximum absolute atomic E-state index is 12.3. The first-order valence-corrected chi connectivity index (χ1v) is 6.12. The lowest BCUT2D eigenvalue weighted by Gasteiger charge is -2.08.